The standard InChI is InChI=1S/C19H28N2O4S/c1-25-18-6-4-3-5-16(18)13-19(22)20-10-7-17(14-20)15-8-11-21(12-9-15)26(2,23)24/h3-6,15,17H,7-14H2,1-2H3. The van der Waals surface area contributed by atoms with Crippen molar-refractivity contribution in [2.24, 2.45) is 11.8 Å². The van der Waals surface area contributed by atoms with Crippen molar-refractivity contribution in [1.82, 2.24) is 9.21 Å². The predicted octanol–water partition coefficient (Wildman–Crippen LogP) is 1.76. The highest BCUT2D eigenvalue weighted by Crippen LogP contribution is 2.33. The Morgan fingerprint density at radius 1 is 1.12 bits per heavy atom. The number of nitrogens with zero attached hydrogens (tertiary/aromatic N) is 2. The monoisotopic (exact) mass is 380 g/mol. The summed E-state index contributed by atoms with van der Waals surface area (Å²) in [4.78, 5) is 14.6. The Labute approximate surface area is 156 Å². The lowest BCUT2D eigenvalue weighted by atomic mass is 9.84. The molecule has 1 amide bonds. The van der Waals surface area contributed by atoms with E-state index in [1.54, 1.807) is 11.4 Å². The number of sulfonamides is 1. The number of likely N-dealkylation sites (tertiary alicyclic amines) is 1. The van der Waals surface area contributed by atoms with Crippen molar-refractivity contribution >= 4 is 15.9 Å². The average molecular weight is 381 g/mol. The molecule has 2 fully saturated rings. The molecule has 1 aromatic rings. The SMILES string of the molecule is COc1ccccc1CC(=O)N1CCC(C2CCN(S(C)(=O)=O)CC2)C1. The third-order valence-electron chi connectivity index (χ3n) is 5.75. The van der Waals surface area contributed by atoms with Crippen molar-refractivity contribution in [3.05, 3.63) is 29.8 Å². The number of hydrogen-bond donors (Lipinski definition) is 0. The van der Waals surface area contributed by atoms with Crippen molar-refractivity contribution in [3.8, 4) is 5.75 Å². The van der Waals surface area contributed by atoms with E-state index in [0.29, 0.717) is 31.3 Å². The first-order valence-electron chi connectivity index (χ1n) is 9.23. The number of carbonyl (C=O) groups is 1. The van der Waals surface area contributed by atoms with Gasteiger partial charge < -0.3 is 9.64 Å². The quantitative estimate of drug-likeness (QED) is 0.781. The first-order valence-corrected chi connectivity index (χ1v) is 11.1. The number of para-hydroxylation sites is 1. The van der Waals surface area contributed by atoms with Crippen molar-refractivity contribution in [3.63, 3.8) is 0 Å². The second-order valence-corrected chi connectivity index (χ2v) is 9.36. The number of hydrogen-bond acceptors (Lipinski definition) is 4. The highest BCUT2D eigenvalue weighted by molar-refractivity contribution is 7.88. The maximum atomic E-state index is 12.7. The van der Waals surface area contributed by atoms with Gasteiger partial charge in [-0.3, -0.25) is 4.79 Å². The lowest BCUT2D eigenvalue weighted by molar-refractivity contribution is -0.129. The van der Waals surface area contributed by atoms with Gasteiger partial charge in [-0.05, 0) is 37.2 Å². The molecule has 2 aliphatic heterocycles. The second-order valence-electron chi connectivity index (χ2n) is 7.38. The van der Waals surface area contributed by atoms with Crippen LogP contribution in [0.5, 0.6) is 5.75 Å². The van der Waals surface area contributed by atoms with Crippen LogP contribution in [0.1, 0.15) is 24.8 Å². The molecule has 0 radical (unpaired) electrons. The molecule has 0 N–H and O–H groups in total. The molecule has 144 valence electrons. The zero-order valence-corrected chi connectivity index (χ0v) is 16.4. The van der Waals surface area contributed by atoms with E-state index in [1.807, 2.05) is 29.2 Å². The molecule has 0 bridgehead atoms. The van der Waals surface area contributed by atoms with Gasteiger partial charge >= 0.3 is 0 Å². The maximum Gasteiger partial charge on any atom is 0.227 e. The lowest BCUT2D eigenvalue weighted by Gasteiger charge is -2.33. The van der Waals surface area contributed by atoms with E-state index < -0.39 is 10.0 Å². The van der Waals surface area contributed by atoms with E-state index in [2.05, 4.69) is 0 Å². The molecule has 0 aliphatic carbocycles. The molecule has 3 rings (SSSR count). The van der Waals surface area contributed by atoms with Crippen molar-refractivity contribution < 1.29 is 17.9 Å². The molecular weight excluding hydrogens is 352 g/mol. The highest BCUT2D eigenvalue weighted by atomic mass is 32.2. The van der Waals surface area contributed by atoms with Gasteiger partial charge in [0.15, 0.2) is 0 Å². The fourth-order valence-electron chi connectivity index (χ4n) is 4.20. The summed E-state index contributed by atoms with van der Waals surface area (Å²) in [6.07, 6.45) is 4.45. The van der Waals surface area contributed by atoms with Crippen molar-refractivity contribution in [2.75, 3.05) is 39.5 Å². The summed E-state index contributed by atoms with van der Waals surface area (Å²) in [5, 5.41) is 0. The maximum absolute atomic E-state index is 12.7. The van der Waals surface area contributed by atoms with Gasteiger partial charge in [0.1, 0.15) is 5.75 Å². The minimum absolute atomic E-state index is 0.144. The van der Waals surface area contributed by atoms with E-state index >= 15 is 0 Å². The molecule has 1 unspecified atom stereocenters. The van der Waals surface area contributed by atoms with Crippen LogP contribution in [-0.4, -0.2) is 63.1 Å². The Balaban J connectivity index is 1.53. The van der Waals surface area contributed by atoms with Crippen LogP contribution >= 0.6 is 0 Å². The summed E-state index contributed by atoms with van der Waals surface area (Å²) in [7, 11) is -1.46. The summed E-state index contributed by atoms with van der Waals surface area (Å²) >= 11 is 0. The van der Waals surface area contributed by atoms with Crippen molar-refractivity contribution in [1.29, 1.82) is 0 Å². The highest BCUT2D eigenvalue weighted by Gasteiger charge is 2.35. The van der Waals surface area contributed by atoms with Crippen LogP contribution in [0, 0.1) is 11.8 Å². The van der Waals surface area contributed by atoms with Crippen LogP contribution in [0.3, 0.4) is 0 Å². The van der Waals surface area contributed by atoms with Gasteiger partial charge in [-0.2, -0.15) is 0 Å². The number of amides is 1. The Kier molecular flexibility index (Phi) is 5.87. The van der Waals surface area contributed by atoms with Crippen LogP contribution in [-0.2, 0) is 21.2 Å². The first kappa shape index (κ1) is 19.2. The number of ether oxygens (including phenoxy) is 1. The average Bonchev–Trinajstić information content (AvgIpc) is 3.12. The number of methoxy groups -OCH3 is 1. The molecule has 6 nitrogen and oxygen atoms in total. The molecule has 1 aromatic carbocycles. The van der Waals surface area contributed by atoms with Gasteiger partial charge in [0.25, 0.3) is 0 Å². The van der Waals surface area contributed by atoms with E-state index in [9.17, 15) is 13.2 Å². The summed E-state index contributed by atoms with van der Waals surface area (Å²) in [5.41, 5.74) is 0.921. The zero-order chi connectivity index (χ0) is 18.7. The third kappa shape index (κ3) is 4.38. The third-order valence-corrected chi connectivity index (χ3v) is 7.05. The first-order chi connectivity index (χ1) is 12.4. The minimum atomic E-state index is -3.08. The van der Waals surface area contributed by atoms with Crippen LogP contribution in [0.15, 0.2) is 24.3 Å². The molecule has 0 aromatic heterocycles. The Hall–Kier alpha value is -1.60. The molecule has 2 heterocycles. The van der Waals surface area contributed by atoms with Gasteiger partial charge in [0, 0.05) is 31.7 Å². The molecule has 1 atom stereocenters. The van der Waals surface area contributed by atoms with Gasteiger partial charge in [-0.15, -0.1) is 0 Å². The minimum Gasteiger partial charge on any atom is -0.496 e. The smallest absolute Gasteiger partial charge is 0.227 e. The molecule has 2 saturated heterocycles. The van der Waals surface area contributed by atoms with Crippen LogP contribution in [0.2, 0.25) is 0 Å². The number of rotatable bonds is 5. The van der Waals surface area contributed by atoms with Crippen LogP contribution in [0.25, 0.3) is 0 Å². The molecule has 0 saturated carbocycles. The van der Waals surface area contributed by atoms with Gasteiger partial charge in [0.2, 0.25) is 15.9 Å². The molecule has 0 spiro atoms. The molecular formula is C19H28N2O4S. The lowest BCUT2D eigenvalue weighted by Crippen LogP contribution is -2.40. The summed E-state index contributed by atoms with van der Waals surface area (Å²) in [6, 6.07) is 7.64. The van der Waals surface area contributed by atoms with Gasteiger partial charge in [-0.25, -0.2) is 12.7 Å². The van der Waals surface area contributed by atoms with Crippen molar-refractivity contribution in [2.45, 2.75) is 25.7 Å². The number of carbonyl (C=O) groups excluding carboxylic acids is 1. The van der Waals surface area contributed by atoms with Crippen LogP contribution in [0.4, 0.5) is 0 Å². The van der Waals surface area contributed by atoms with Gasteiger partial charge in [-0.1, -0.05) is 18.2 Å². The second kappa shape index (κ2) is 7.96. The van der Waals surface area contributed by atoms with Crippen LogP contribution < -0.4 is 4.74 Å². The van der Waals surface area contributed by atoms with E-state index in [-0.39, 0.29) is 5.91 Å². The number of piperidine rings is 1. The largest absolute Gasteiger partial charge is 0.496 e. The summed E-state index contributed by atoms with van der Waals surface area (Å²) in [6.45, 7) is 2.80. The topological polar surface area (TPSA) is 66.9 Å². The van der Waals surface area contributed by atoms with E-state index in [0.717, 1.165) is 43.7 Å². The molecule has 7 heteroatoms. The Bertz CT molecular complexity index is 742. The predicted molar refractivity (Wildman–Crippen MR) is 101 cm³/mol. The van der Waals surface area contributed by atoms with Gasteiger partial charge in [0.05, 0.1) is 19.8 Å². The Morgan fingerprint density at radius 3 is 2.42 bits per heavy atom. The Morgan fingerprint density at radius 2 is 1.77 bits per heavy atom. The molecule has 26 heavy (non-hydrogen) atoms. The number of benzene rings is 1. The zero-order valence-electron chi connectivity index (χ0n) is 15.6. The van der Waals surface area contributed by atoms with E-state index in [4.69, 9.17) is 4.74 Å². The fraction of sp³-hybridized carbons (Fsp3) is 0.632. The molecule has 2 aliphatic rings. The van der Waals surface area contributed by atoms with E-state index in [1.165, 1.54) is 6.26 Å². The summed E-state index contributed by atoms with van der Waals surface area (Å²) in [5.74, 6) is 1.89. The normalized spacial score (nSPS) is 22.5. The summed E-state index contributed by atoms with van der Waals surface area (Å²) < 4.78 is 30.2. The fourth-order valence-corrected chi connectivity index (χ4v) is 5.08.